The molecule has 0 aromatic carbocycles. The van der Waals surface area contributed by atoms with Crippen molar-refractivity contribution in [3.05, 3.63) is 28.5 Å². The maximum absolute atomic E-state index is 12.5. The normalized spacial score (nSPS) is 12.2. The summed E-state index contributed by atoms with van der Waals surface area (Å²) in [7, 11) is -0.149. The first-order valence-corrected chi connectivity index (χ1v) is 8.80. The SMILES string of the molecule is CNCCn1cc(S(=O)(=O)N(C)Cc2csc(C)n2)cn1. The van der Waals surface area contributed by atoms with Crippen molar-refractivity contribution in [2.75, 3.05) is 20.6 Å². The van der Waals surface area contributed by atoms with Crippen molar-refractivity contribution in [3.8, 4) is 0 Å². The molecule has 2 rings (SSSR count). The molecule has 0 aliphatic rings. The average Bonchev–Trinajstić information content (AvgIpc) is 3.06. The maximum Gasteiger partial charge on any atom is 0.246 e. The number of hydrogen-bond donors (Lipinski definition) is 1. The molecule has 0 amide bonds. The largest absolute Gasteiger partial charge is 0.318 e. The van der Waals surface area contributed by atoms with E-state index in [1.54, 1.807) is 17.9 Å². The van der Waals surface area contributed by atoms with Crippen LogP contribution in [0.3, 0.4) is 0 Å². The zero-order chi connectivity index (χ0) is 15.5. The fourth-order valence-electron chi connectivity index (χ4n) is 1.80. The molecule has 116 valence electrons. The number of nitrogens with zero attached hydrogens (tertiary/aromatic N) is 4. The molecule has 0 saturated carbocycles. The van der Waals surface area contributed by atoms with Gasteiger partial charge in [0.05, 0.1) is 30.0 Å². The molecular weight excluding hydrogens is 310 g/mol. The summed E-state index contributed by atoms with van der Waals surface area (Å²) in [6, 6.07) is 0. The van der Waals surface area contributed by atoms with Gasteiger partial charge < -0.3 is 5.32 Å². The third kappa shape index (κ3) is 3.88. The van der Waals surface area contributed by atoms with E-state index in [-0.39, 0.29) is 11.4 Å². The van der Waals surface area contributed by atoms with E-state index in [4.69, 9.17) is 0 Å². The Labute approximate surface area is 128 Å². The van der Waals surface area contributed by atoms with Gasteiger partial charge in [0.15, 0.2) is 0 Å². The Bertz CT molecular complexity index is 692. The number of likely N-dealkylation sites (N-methyl/N-ethyl adjacent to an activating group) is 1. The van der Waals surface area contributed by atoms with Crippen LogP contribution in [0.25, 0.3) is 0 Å². The number of sulfonamides is 1. The zero-order valence-corrected chi connectivity index (χ0v) is 13.9. The summed E-state index contributed by atoms with van der Waals surface area (Å²) in [5.74, 6) is 0. The molecule has 0 bridgehead atoms. The molecule has 0 radical (unpaired) electrons. The van der Waals surface area contributed by atoms with Gasteiger partial charge in [-0.2, -0.15) is 9.40 Å². The van der Waals surface area contributed by atoms with Crippen molar-refractivity contribution in [1.82, 2.24) is 24.4 Å². The molecule has 0 unspecified atom stereocenters. The van der Waals surface area contributed by atoms with Crippen LogP contribution < -0.4 is 5.32 Å². The monoisotopic (exact) mass is 329 g/mol. The van der Waals surface area contributed by atoms with Gasteiger partial charge in [-0.3, -0.25) is 4.68 Å². The van der Waals surface area contributed by atoms with Crippen LogP contribution in [0.4, 0.5) is 0 Å². The second-order valence-electron chi connectivity index (χ2n) is 4.66. The molecule has 0 aliphatic heterocycles. The molecule has 21 heavy (non-hydrogen) atoms. The fourth-order valence-corrected chi connectivity index (χ4v) is 3.50. The third-order valence-corrected chi connectivity index (χ3v) is 5.54. The molecule has 0 atom stereocenters. The van der Waals surface area contributed by atoms with E-state index < -0.39 is 10.0 Å². The summed E-state index contributed by atoms with van der Waals surface area (Å²) in [5.41, 5.74) is 0.756. The van der Waals surface area contributed by atoms with Crippen LogP contribution in [-0.2, 0) is 23.1 Å². The van der Waals surface area contributed by atoms with E-state index in [2.05, 4.69) is 15.4 Å². The Morgan fingerprint density at radius 1 is 1.48 bits per heavy atom. The highest BCUT2D eigenvalue weighted by molar-refractivity contribution is 7.89. The molecule has 2 aromatic heterocycles. The van der Waals surface area contributed by atoms with E-state index >= 15 is 0 Å². The van der Waals surface area contributed by atoms with Crippen molar-refractivity contribution in [1.29, 1.82) is 0 Å². The Kier molecular flexibility index (Phi) is 5.09. The van der Waals surface area contributed by atoms with Gasteiger partial charge in [-0.15, -0.1) is 11.3 Å². The van der Waals surface area contributed by atoms with Crippen molar-refractivity contribution < 1.29 is 8.42 Å². The molecule has 7 nitrogen and oxygen atoms in total. The second kappa shape index (κ2) is 6.65. The van der Waals surface area contributed by atoms with Crippen molar-refractivity contribution >= 4 is 21.4 Å². The topological polar surface area (TPSA) is 80.1 Å². The first kappa shape index (κ1) is 16.1. The van der Waals surface area contributed by atoms with Gasteiger partial charge in [0.1, 0.15) is 4.90 Å². The highest BCUT2D eigenvalue weighted by atomic mass is 32.2. The van der Waals surface area contributed by atoms with Crippen LogP contribution in [0, 0.1) is 6.92 Å². The Morgan fingerprint density at radius 3 is 2.86 bits per heavy atom. The molecule has 2 heterocycles. The standard InChI is InChI=1S/C12H19N5O2S2/c1-10-15-11(9-20-10)7-16(3)21(18,19)12-6-14-17(8-12)5-4-13-2/h6,8-9,13H,4-5,7H2,1-3H3. The average molecular weight is 329 g/mol. The smallest absolute Gasteiger partial charge is 0.246 e. The number of hydrogen-bond acceptors (Lipinski definition) is 6. The fraction of sp³-hybridized carbons (Fsp3) is 0.500. The van der Waals surface area contributed by atoms with E-state index in [0.29, 0.717) is 6.54 Å². The summed E-state index contributed by atoms with van der Waals surface area (Å²) in [4.78, 5) is 4.49. The number of aromatic nitrogens is 3. The highest BCUT2D eigenvalue weighted by Gasteiger charge is 2.23. The minimum atomic E-state index is -3.54. The molecular formula is C12H19N5O2S2. The lowest BCUT2D eigenvalue weighted by atomic mass is 10.5. The quantitative estimate of drug-likeness (QED) is 0.808. The molecule has 0 aliphatic carbocycles. The van der Waals surface area contributed by atoms with Crippen LogP contribution >= 0.6 is 11.3 Å². The number of aryl methyl sites for hydroxylation is 1. The molecule has 0 saturated heterocycles. The van der Waals surface area contributed by atoms with Crippen molar-refractivity contribution in [2.24, 2.45) is 0 Å². The van der Waals surface area contributed by atoms with Crippen LogP contribution in [0.5, 0.6) is 0 Å². The predicted octanol–water partition coefficient (Wildman–Crippen LogP) is 0.688. The van der Waals surface area contributed by atoms with Crippen LogP contribution in [-0.4, -0.2) is 48.1 Å². The summed E-state index contributed by atoms with van der Waals surface area (Å²) in [6.45, 7) is 3.51. The first-order valence-electron chi connectivity index (χ1n) is 6.48. The highest BCUT2D eigenvalue weighted by Crippen LogP contribution is 2.17. The lowest BCUT2D eigenvalue weighted by molar-refractivity contribution is 0.462. The molecule has 2 aromatic rings. The van der Waals surface area contributed by atoms with Crippen LogP contribution in [0.2, 0.25) is 0 Å². The van der Waals surface area contributed by atoms with Gasteiger partial charge >= 0.3 is 0 Å². The van der Waals surface area contributed by atoms with Crippen molar-refractivity contribution in [2.45, 2.75) is 24.9 Å². The lowest BCUT2D eigenvalue weighted by Gasteiger charge is -2.14. The number of thiazole rings is 1. The minimum Gasteiger partial charge on any atom is -0.318 e. The first-order chi connectivity index (χ1) is 9.93. The van der Waals surface area contributed by atoms with Crippen molar-refractivity contribution in [3.63, 3.8) is 0 Å². The Balaban J connectivity index is 2.11. The Morgan fingerprint density at radius 2 is 2.24 bits per heavy atom. The zero-order valence-electron chi connectivity index (χ0n) is 12.3. The summed E-state index contributed by atoms with van der Waals surface area (Å²) < 4.78 is 27.8. The molecule has 0 spiro atoms. The van der Waals surface area contributed by atoms with Crippen LogP contribution in [0.15, 0.2) is 22.7 Å². The van der Waals surface area contributed by atoms with Gasteiger partial charge in [-0.1, -0.05) is 0 Å². The van der Waals surface area contributed by atoms with Gasteiger partial charge in [0.2, 0.25) is 10.0 Å². The van der Waals surface area contributed by atoms with E-state index in [0.717, 1.165) is 17.2 Å². The lowest BCUT2D eigenvalue weighted by Crippen LogP contribution is -2.26. The Hall–Kier alpha value is -1.29. The van der Waals surface area contributed by atoms with E-state index in [9.17, 15) is 8.42 Å². The van der Waals surface area contributed by atoms with Crippen LogP contribution in [0.1, 0.15) is 10.7 Å². The number of nitrogens with one attached hydrogen (secondary N) is 1. The maximum atomic E-state index is 12.5. The van der Waals surface area contributed by atoms with E-state index in [1.165, 1.54) is 21.8 Å². The third-order valence-electron chi connectivity index (χ3n) is 2.96. The summed E-state index contributed by atoms with van der Waals surface area (Å²) >= 11 is 1.51. The van der Waals surface area contributed by atoms with Gasteiger partial charge in [-0.25, -0.2) is 13.4 Å². The molecule has 0 fully saturated rings. The number of rotatable bonds is 7. The van der Waals surface area contributed by atoms with E-state index in [1.807, 2.05) is 19.4 Å². The van der Waals surface area contributed by atoms with Gasteiger partial charge in [0, 0.05) is 25.2 Å². The predicted molar refractivity (Wildman–Crippen MR) is 81.7 cm³/mol. The second-order valence-corrected chi connectivity index (χ2v) is 7.77. The summed E-state index contributed by atoms with van der Waals surface area (Å²) in [6.07, 6.45) is 2.93. The van der Waals surface area contributed by atoms with Gasteiger partial charge in [-0.05, 0) is 14.0 Å². The van der Waals surface area contributed by atoms with Gasteiger partial charge in [0.25, 0.3) is 0 Å². The minimum absolute atomic E-state index is 0.202. The summed E-state index contributed by atoms with van der Waals surface area (Å²) in [5, 5.41) is 9.86. The molecule has 1 N–H and O–H groups in total. The molecule has 9 heteroatoms.